The lowest BCUT2D eigenvalue weighted by Crippen LogP contribution is -2.37. The smallest absolute Gasteiger partial charge is 0.308 e. The highest BCUT2D eigenvalue weighted by atomic mass is 35.5. The van der Waals surface area contributed by atoms with E-state index in [0.717, 1.165) is 6.07 Å². The SMILES string of the molecule is COC(=O)C1CC(OCCOc2ccc(CC(=O)c3cc(=O)c4cccc(Cl)c4o3)c(F)c2)C1. The standard InChI is InChI=1S/C25H22ClFO7/c1-31-25(30)15-9-17(10-15)33-8-7-32-16-6-5-14(20(27)12-16)11-22(29)23-13-21(28)18-3-2-4-19(26)24(18)34-23/h2-6,12-13,15,17H,7-11H2,1H3. The molecule has 1 saturated carbocycles. The van der Waals surface area contributed by atoms with Gasteiger partial charge in [-0.2, -0.15) is 0 Å². The van der Waals surface area contributed by atoms with E-state index in [-0.39, 0.29) is 58.3 Å². The molecule has 0 bridgehead atoms. The summed E-state index contributed by atoms with van der Waals surface area (Å²) in [5.41, 5.74) is -0.144. The molecule has 34 heavy (non-hydrogen) atoms. The zero-order valence-corrected chi connectivity index (χ0v) is 19.1. The summed E-state index contributed by atoms with van der Waals surface area (Å²) in [5, 5.41) is 0.475. The summed E-state index contributed by atoms with van der Waals surface area (Å²) < 4.78 is 35.9. The van der Waals surface area contributed by atoms with E-state index in [2.05, 4.69) is 4.74 Å². The Bertz CT molecular complexity index is 1280. The highest BCUT2D eigenvalue weighted by Crippen LogP contribution is 2.31. The van der Waals surface area contributed by atoms with Crippen LogP contribution in [-0.4, -0.2) is 38.2 Å². The number of halogens is 2. The number of ether oxygens (including phenoxy) is 3. The third-order valence-electron chi connectivity index (χ3n) is 5.69. The van der Waals surface area contributed by atoms with Crippen molar-refractivity contribution in [2.24, 2.45) is 5.92 Å². The molecule has 1 fully saturated rings. The Hall–Kier alpha value is -3.23. The fraction of sp³-hybridized carbons (Fsp3) is 0.320. The quantitative estimate of drug-likeness (QED) is 0.251. The zero-order chi connectivity index (χ0) is 24.2. The lowest BCUT2D eigenvalue weighted by molar-refractivity contribution is -0.155. The van der Waals surface area contributed by atoms with Crippen molar-refractivity contribution in [1.82, 2.24) is 0 Å². The number of esters is 1. The molecule has 1 heterocycles. The third kappa shape index (κ3) is 5.29. The van der Waals surface area contributed by atoms with Gasteiger partial charge in [-0.3, -0.25) is 14.4 Å². The van der Waals surface area contributed by atoms with Crippen LogP contribution >= 0.6 is 11.6 Å². The highest BCUT2D eigenvalue weighted by molar-refractivity contribution is 6.34. The minimum absolute atomic E-state index is 0.0112. The maximum absolute atomic E-state index is 14.6. The van der Waals surface area contributed by atoms with Gasteiger partial charge in [-0.15, -0.1) is 0 Å². The Kier molecular flexibility index (Phi) is 7.29. The van der Waals surface area contributed by atoms with Crippen molar-refractivity contribution >= 4 is 34.3 Å². The summed E-state index contributed by atoms with van der Waals surface area (Å²) in [5.74, 6) is -1.40. The Morgan fingerprint density at radius 1 is 1.15 bits per heavy atom. The van der Waals surface area contributed by atoms with E-state index in [1.54, 1.807) is 24.3 Å². The number of ketones is 1. The van der Waals surface area contributed by atoms with Crippen LogP contribution in [-0.2, 0) is 20.7 Å². The molecule has 7 nitrogen and oxygen atoms in total. The number of hydrogen-bond donors (Lipinski definition) is 0. The molecule has 1 aliphatic carbocycles. The Balaban J connectivity index is 1.31. The van der Waals surface area contributed by atoms with Crippen LogP contribution in [0.4, 0.5) is 4.39 Å². The third-order valence-corrected chi connectivity index (χ3v) is 5.99. The predicted octanol–water partition coefficient (Wildman–Crippen LogP) is 4.36. The zero-order valence-electron chi connectivity index (χ0n) is 18.3. The number of fused-ring (bicyclic) bond motifs is 1. The van der Waals surface area contributed by atoms with Crippen LogP contribution in [0.1, 0.15) is 29.0 Å². The number of carbonyl (C=O) groups is 2. The van der Waals surface area contributed by atoms with Gasteiger partial charge in [0.2, 0.25) is 5.78 Å². The van der Waals surface area contributed by atoms with Crippen LogP contribution in [0.25, 0.3) is 11.0 Å². The van der Waals surface area contributed by atoms with Crippen LogP contribution in [0, 0.1) is 11.7 Å². The lowest BCUT2D eigenvalue weighted by Gasteiger charge is -2.32. The minimum Gasteiger partial charge on any atom is -0.491 e. The van der Waals surface area contributed by atoms with E-state index in [0.29, 0.717) is 25.2 Å². The van der Waals surface area contributed by atoms with Gasteiger partial charge in [-0.25, -0.2) is 4.39 Å². The first kappa shape index (κ1) is 23.9. The average molecular weight is 489 g/mol. The van der Waals surface area contributed by atoms with Crippen molar-refractivity contribution in [3.8, 4) is 5.75 Å². The Morgan fingerprint density at radius 3 is 2.68 bits per heavy atom. The van der Waals surface area contributed by atoms with Gasteiger partial charge in [0.15, 0.2) is 16.8 Å². The van der Waals surface area contributed by atoms with Crippen LogP contribution in [0.5, 0.6) is 5.75 Å². The minimum atomic E-state index is -0.618. The van der Waals surface area contributed by atoms with Gasteiger partial charge in [-0.1, -0.05) is 23.7 Å². The summed E-state index contributed by atoms with van der Waals surface area (Å²) in [6, 6.07) is 9.99. The first-order chi connectivity index (χ1) is 16.4. The van der Waals surface area contributed by atoms with Crippen molar-refractivity contribution < 1.29 is 32.6 Å². The summed E-state index contributed by atoms with van der Waals surface area (Å²) in [6.45, 7) is 0.504. The molecule has 0 spiro atoms. The molecular formula is C25H22ClFO7. The number of carbonyl (C=O) groups excluding carboxylic acids is 2. The first-order valence-electron chi connectivity index (χ1n) is 10.7. The summed E-state index contributed by atoms with van der Waals surface area (Å²) >= 11 is 6.07. The molecule has 4 rings (SSSR count). The fourth-order valence-corrected chi connectivity index (χ4v) is 3.95. The molecule has 1 aromatic heterocycles. The van der Waals surface area contributed by atoms with E-state index in [1.165, 1.54) is 19.2 Å². The van der Waals surface area contributed by atoms with E-state index >= 15 is 0 Å². The topological polar surface area (TPSA) is 92.0 Å². The number of Topliss-reactive ketones (excluding diaryl/α,β-unsaturated/α-hetero) is 1. The summed E-state index contributed by atoms with van der Waals surface area (Å²) in [6.07, 6.45) is 0.932. The van der Waals surface area contributed by atoms with Crippen molar-refractivity contribution in [3.63, 3.8) is 0 Å². The molecule has 3 aromatic rings. The number of rotatable bonds is 9. The van der Waals surface area contributed by atoms with E-state index in [4.69, 9.17) is 25.5 Å². The van der Waals surface area contributed by atoms with E-state index in [9.17, 15) is 18.8 Å². The second-order valence-electron chi connectivity index (χ2n) is 7.98. The van der Waals surface area contributed by atoms with Gasteiger partial charge in [0.05, 0.1) is 36.1 Å². The molecule has 0 aliphatic heterocycles. The van der Waals surface area contributed by atoms with Crippen molar-refractivity contribution in [2.75, 3.05) is 20.3 Å². The number of hydrogen-bond acceptors (Lipinski definition) is 7. The largest absolute Gasteiger partial charge is 0.491 e. The molecule has 0 atom stereocenters. The lowest BCUT2D eigenvalue weighted by atomic mass is 9.82. The van der Waals surface area contributed by atoms with E-state index in [1.807, 2.05) is 0 Å². The molecule has 178 valence electrons. The van der Waals surface area contributed by atoms with Crippen LogP contribution in [0.15, 0.2) is 51.7 Å². The molecule has 2 aromatic carbocycles. The number of methoxy groups -OCH3 is 1. The molecular weight excluding hydrogens is 467 g/mol. The van der Waals surface area contributed by atoms with Gasteiger partial charge >= 0.3 is 5.97 Å². The molecule has 0 N–H and O–H groups in total. The second kappa shape index (κ2) is 10.4. The molecule has 0 saturated heterocycles. The Morgan fingerprint density at radius 2 is 1.94 bits per heavy atom. The number of benzene rings is 2. The molecule has 0 radical (unpaired) electrons. The predicted molar refractivity (Wildman–Crippen MR) is 122 cm³/mol. The van der Waals surface area contributed by atoms with Crippen LogP contribution in [0.2, 0.25) is 5.02 Å². The van der Waals surface area contributed by atoms with Crippen molar-refractivity contribution in [1.29, 1.82) is 0 Å². The van der Waals surface area contributed by atoms with Crippen LogP contribution in [0.3, 0.4) is 0 Å². The molecule has 0 amide bonds. The number of para-hydroxylation sites is 1. The normalized spacial score (nSPS) is 17.3. The molecule has 9 heteroatoms. The van der Waals surface area contributed by atoms with Crippen LogP contribution < -0.4 is 10.2 Å². The second-order valence-corrected chi connectivity index (χ2v) is 8.38. The van der Waals surface area contributed by atoms with Gasteiger partial charge in [-0.05, 0) is 36.6 Å². The molecule has 1 aliphatic rings. The average Bonchev–Trinajstić information content (AvgIpc) is 2.79. The monoisotopic (exact) mass is 488 g/mol. The Labute approximate surface area is 199 Å². The van der Waals surface area contributed by atoms with Gasteiger partial charge in [0.25, 0.3) is 0 Å². The highest BCUT2D eigenvalue weighted by Gasteiger charge is 2.35. The first-order valence-corrected chi connectivity index (χ1v) is 11.1. The fourth-order valence-electron chi connectivity index (χ4n) is 3.74. The summed E-state index contributed by atoms with van der Waals surface area (Å²) in [4.78, 5) is 36.3. The molecule has 0 unspecified atom stereocenters. The maximum Gasteiger partial charge on any atom is 0.308 e. The van der Waals surface area contributed by atoms with Gasteiger partial charge < -0.3 is 18.6 Å². The maximum atomic E-state index is 14.6. The van der Waals surface area contributed by atoms with Crippen molar-refractivity contribution in [3.05, 3.63) is 74.9 Å². The van der Waals surface area contributed by atoms with Crippen molar-refractivity contribution in [2.45, 2.75) is 25.4 Å². The van der Waals surface area contributed by atoms with Gasteiger partial charge in [0, 0.05) is 18.6 Å². The van der Waals surface area contributed by atoms with E-state index < -0.39 is 17.0 Å². The van der Waals surface area contributed by atoms with Gasteiger partial charge in [0.1, 0.15) is 18.2 Å². The summed E-state index contributed by atoms with van der Waals surface area (Å²) in [7, 11) is 1.36.